The zero-order valence-corrected chi connectivity index (χ0v) is 10.2. The third-order valence-electron chi connectivity index (χ3n) is 2.59. The quantitative estimate of drug-likeness (QED) is 0.919. The van der Waals surface area contributed by atoms with Crippen molar-refractivity contribution in [1.82, 2.24) is 0 Å². The van der Waals surface area contributed by atoms with E-state index in [0.29, 0.717) is 5.75 Å². The molecule has 0 amide bonds. The maximum Gasteiger partial charge on any atom is 0.335 e. The number of benzene rings is 2. The summed E-state index contributed by atoms with van der Waals surface area (Å²) in [5, 5.41) is 26.8. The summed E-state index contributed by atoms with van der Waals surface area (Å²) in [6.07, 6.45) is 0. The molecule has 0 saturated heterocycles. The highest BCUT2D eigenvalue weighted by molar-refractivity contribution is 5.87. The van der Waals surface area contributed by atoms with Crippen LogP contribution in [0, 0.1) is 22.7 Å². The fourth-order valence-corrected chi connectivity index (χ4v) is 1.62. The van der Waals surface area contributed by atoms with Gasteiger partial charge in [0.15, 0.2) is 0 Å². The number of carboxylic acids is 1. The minimum absolute atomic E-state index is 0.142. The lowest BCUT2D eigenvalue weighted by atomic mass is 10.1. The molecule has 1 N–H and O–H groups in total. The normalized spacial score (nSPS) is 9.30. The van der Waals surface area contributed by atoms with E-state index in [0.717, 1.165) is 0 Å². The number of hydrogen-bond acceptors (Lipinski definition) is 4. The van der Waals surface area contributed by atoms with Gasteiger partial charge in [0, 0.05) is 0 Å². The van der Waals surface area contributed by atoms with Crippen molar-refractivity contribution >= 4 is 5.97 Å². The maximum atomic E-state index is 10.7. The van der Waals surface area contributed by atoms with Gasteiger partial charge in [0.1, 0.15) is 29.2 Å². The highest BCUT2D eigenvalue weighted by atomic mass is 16.5. The highest BCUT2D eigenvalue weighted by Gasteiger charge is 2.10. The Morgan fingerprint density at radius 3 is 2.30 bits per heavy atom. The maximum absolute atomic E-state index is 10.7. The minimum atomic E-state index is -1.03. The number of hydrogen-bond donors (Lipinski definition) is 1. The Hall–Kier alpha value is -3.31. The third-order valence-corrected chi connectivity index (χ3v) is 2.59. The van der Waals surface area contributed by atoms with Gasteiger partial charge in [-0.05, 0) is 36.4 Å². The smallest absolute Gasteiger partial charge is 0.335 e. The molecule has 0 fully saturated rings. The van der Waals surface area contributed by atoms with E-state index in [1.54, 1.807) is 12.1 Å². The van der Waals surface area contributed by atoms with Crippen molar-refractivity contribution in [2.45, 2.75) is 0 Å². The van der Waals surface area contributed by atoms with Crippen LogP contribution >= 0.6 is 0 Å². The Kier molecular flexibility index (Phi) is 3.65. The van der Waals surface area contributed by atoms with E-state index in [2.05, 4.69) is 0 Å². The van der Waals surface area contributed by atoms with Crippen LogP contribution in [0.2, 0.25) is 0 Å². The number of nitrogens with zero attached hydrogens (tertiary/aromatic N) is 2. The van der Waals surface area contributed by atoms with E-state index in [4.69, 9.17) is 20.4 Å². The van der Waals surface area contributed by atoms with Crippen LogP contribution < -0.4 is 4.74 Å². The van der Waals surface area contributed by atoms with E-state index in [9.17, 15) is 4.79 Å². The largest absolute Gasteiger partial charge is 0.478 e. The second-order valence-corrected chi connectivity index (χ2v) is 3.83. The van der Waals surface area contributed by atoms with Gasteiger partial charge in [-0.2, -0.15) is 10.5 Å². The van der Waals surface area contributed by atoms with Gasteiger partial charge in [0.05, 0.1) is 11.1 Å². The minimum Gasteiger partial charge on any atom is -0.478 e. The van der Waals surface area contributed by atoms with Crippen LogP contribution in [0.15, 0.2) is 42.5 Å². The van der Waals surface area contributed by atoms with Crippen molar-refractivity contribution in [3.8, 4) is 23.6 Å². The second kappa shape index (κ2) is 5.55. The topological polar surface area (TPSA) is 94.1 Å². The molecule has 0 spiro atoms. The van der Waals surface area contributed by atoms with E-state index >= 15 is 0 Å². The van der Waals surface area contributed by atoms with Crippen LogP contribution in [0.25, 0.3) is 0 Å². The molecule has 96 valence electrons. The summed E-state index contributed by atoms with van der Waals surface area (Å²) in [5.74, 6) is -0.378. The first-order chi connectivity index (χ1) is 9.65. The molecule has 0 heterocycles. The van der Waals surface area contributed by atoms with Gasteiger partial charge in [-0.3, -0.25) is 0 Å². The molecule has 0 bridgehead atoms. The van der Waals surface area contributed by atoms with Gasteiger partial charge >= 0.3 is 5.97 Å². The second-order valence-electron chi connectivity index (χ2n) is 3.83. The van der Waals surface area contributed by atoms with Crippen LogP contribution in [0.1, 0.15) is 21.5 Å². The molecule has 0 atom stereocenters. The Morgan fingerprint density at radius 1 is 1.05 bits per heavy atom. The molecule has 2 aromatic carbocycles. The van der Waals surface area contributed by atoms with E-state index < -0.39 is 5.97 Å². The number of nitriles is 2. The molecule has 5 heteroatoms. The molecule has 20 heavy (non-hydrogen) atoms. The van der Waals surface area contributed by atoms with Crippen molar-refractivity contribution in [1.29, 1.82) is 10.5 Å². The molecule has 2 aromatic rings. The van der Waals surface area contributed by atoms with Crippen molar-refractivity contribution in [3.63, 3.8) is 0 Å². The molecule has 0 unspecified atom stereocenters. The molecule has 5 nitrogen and oxygen atoms in total. The van der Waals surface area contributed by atoms with E-state index in [1.165, 1.54) is 30.3 Å². The molecular weight excluding hydrogens is 256 g/mol. The average Bonchev–Trinajstić information content (AvgIpc) is 2.47. The van der Waals surface area contributed by atoms with Crippen molar-refractivity contribution in [2.75, 3.05) is 0 Å². The van der Waals surface area contributed by atoms with Crippen LogP contribution in [0.5, 0.6) is 11.5 Å². The predicted octanol–water partition coefficient (Wildman–Crippen LogP) is 2.92. The number of carbonyl (C=O) groups is 1. The fraction of sp³-hybridized carbons (Fsp3) is 0. The van der Waals surface area contributed by atoms with Crippen LogP contribution in [-0.4, -0.2) is 11.1 Å². The van der Waals surface area contributed by atoms with Gasteiger partial charge in [-0.15, -0.1) is 0 Å². The SMILES string of the molecule is N#Cc1cccc(Oc2ccc(C(=O)O)cc2)c1C#N. The Morgan fingerprint density at radius 2 is 1.75 bits per heavy atom. The van der Waals surface area contributed by atoms with Crippen molar-refractivity contribution in [2.24, 2.45) is 0 Å². The van der Waals surface area contributed by atoms with E-state index in [-0.39, 0.29) is 22.4 Å². The van der Waals surface area contributed by atoms with Gasteiger partial charge in [0.2, 0.25) is 0 Å². The molecule has 0 radical (unpaired) electrons. The average molecular weight is 264 g/mol. The van der Waals surface area contributed by atoms with Crippen molar-refractivity contribution in [3.05, 3.63) is 59.2 Å². The first-order valence-electron chi connectivity index (χ1n) is 5.60. The summed E-state index contributed by atoms with van der Waals surface area (Å²) in [6.45, 7) is 0. The summed E-state index contributed by atoms with van der Waals surface area (Å²) in [4.78, 5) is 10.7. The first-order valence-corrected chi connectivity index (χ1v) is 5.60. The fourth-order valence-electron chi connectivity index (χ4n) is 1.62. The van der Waals surface area contributed by atoms with Crippen LogP contribution in [0.3, 0.4) is 0 Å². The van der Waals surface area contributed by atoms with Crippen molar-refractivity contribution < 1.29 is 14.6 Å². The Bertz CT molecular complexity index is 737. The molecule has 0 aliphatic rings. The van der Waals surface area contributed by atoms with E-state index in [1.807, 2.05) is 12.1 Å². The molecule has 2 rings (SSSR count). The van der Waals surface area contributed by atoms with Gasteiger partial charge in [0.25, 0.3) is 0 Å². The lowest BCUT2D eigenvalue weighted by Gasteiger charge is -2.08. The van der Waals surface area contributed by atoms with Crippen LogP contribution in [0.4, 0.5) is 0 Å². The molecule has 0 aliphatic carbocycles. The third kappa shape index (κ3) is 2.58. The first kappa shape index (κ1) is 13.1. The number of carboxylic acid groups (broad SMARTS) is 1. The monoisotopic (exact) mass is 264 g/mol. The number of aromatic carboxylic acids is 1. The Balaban J connectivity index is 2.34. The zero-order valence-electron chi connectivity index (χ0n) is 10.2. The Labute approximate surface area is 114 Å². The predicted molar refractivity (Wildman–Crippen MR) is 69.3 cm³/mol. The number of ether oxygens (including phenoxy) is 1. The summed E-state index contributed by atoms with van der Waals surface area (Å²) in [6, 6.07) is 14.3. The zero-order chi connectivity index (χ0) is 14.5. The van der Waals surface area contributed by atoms with Gasteiger partial charge < -0.3 is 9.84 Å². The lowest BCUT2D eigenvalue weighted by molar-refractivity contribution is 0.0697. The lowest BCUT2D eigenvalue weighted by Crippen LogP contribution is -1.96. The van der Waals surface area contributed by atoms with Gasteiger partial charge in [-0.25, -0.2) is 4.79 Å². The summed E-state index contributed by atoms with van der Waals surface area (Å²) >= 11 is 0. The standard InChI is InChI=1S/C15H8N2O3/c16-8-11-2-1-3-14(13(11)9-17)20-12-6-4-10(5-7-12)15(18)19/h1-7H,(H,18,19). The van der Waals surface area contributed by atoms with Gasteiger partial charge in [-0.1, -0.05) is 6.07 Å². The van der Waals surface area contributed by atoms with Crippen LogP contribution in [-0.2, 0) is 0 Å². The number of rotatable bonds is 3. The molecule has 0 saturated carbocycles. The highest BCUT2D eigenvalue weighted by Crippen LogP contribution is 2.27. The molecule has 0 aromatic heterocycles. The summed E-state index contributed by atoms with van der Waals surface area (Å²) < 4.78 is 5.51. The summed E-state index contributed by atoms with van der Waals surface area (Å²) in [7, 11) is 0. The summed E-state index contributed by atoms with van der Waals surface area (Å²) in [5.41, 5.74) is 0.521. The molecular formula is C15H8N2O3. The molecule has 0 aliphatic heterocycles.